The first-order valence-corrected chi connectivity index (χ1v) is 9.83. The molecule has 0 aliphatic rings. The van der Waals surface area contributed by atoms with Crippen LogP contribution in [0.25, 0.3) is 10.9 Å². The summed E-state index contributed by atoms with van der Waals surface area (Å²) in [6, 6.07) is 10.1. The molecule has 7 nitrogen and oxygen atoms in total. The number of carbonyl (C=O) groups is 1. The number of urea groups is 1. The number of nitrogens with zero attached hydrogens (tertiary/aromatic N) is 3. The van der Waals surface area contributed by atoms with Gasteiger partial charge in [0, 0.05) is 14.2 Å². The van der Waals surface area contributed by atoms with Gasteiger partial charge in [0.2, 0.25) is 0 Å². The van der Waals surface area contributed by atoms with Gasteiger partial charge in [-0.3, -0.25) is 9.36 Å². The maximum atomic E-state index is 13.3. The molecular weight excluding hydrogens is 425 g/mol. The van der Waals surface area contributed by atoms with Gasteiger partial charge in [0.25, 0.3) is 5.56 Å². The molecule has 0 spiro atoms. The maximum Gasteiger partial charge on any atom is 0.418 e. The number of nitrogens with one attached hydrogen (secondary N) is 1. The molecule has 3 rings (SSSR count). The van der Waals surface area contributed by atoms with E-state index in [1.165, 1.54) is 41.8 Å². The minimum absolute atomic E-state index is 0.208. The summed E-state index contributed by atoms with van der Waals surface area (Å²) in [7, 11) is 2.93. The number of halogens is 3. The highest BCUT2D eigenvalue weighted by atomic mass is 19.4. The van der Waals surface area contributed by atoms with Crippen molar-refractivity contribution in [2.24, 2.45) is 0 Å². The Labute approximate surface area is 182 Å². The van der Waals surface area contributed by atoms with E-state index >= 15 is 0 Å². The Morgan fingerprint density at radius 3 is 2.53 bits per heavy atom. The van der Waals surface area contributed by atoms with Crippen LogP contribution in [-0.2, 0) is 17.5 Å². The van der Waals surface area contributed by atoms with E-state index in [0.717, 1.165) is 6.07 Å². The Kier molecular flexibility index (Phi) is 6.83. The molecule has 0 aliphatic carbocycles. The van der Waals surface area contributed by atoms with Gasteiger partial charge in [0.1, 0.15) is 5.82 Å². The fourth-order valence-corrected chi connectivity index (χ4v) is 3.29. The van der Waals surface area contributed by atoms with E-state index < -0.39 is 23.8 Å². The molecule has 0 radical (unpaired) electrons. The number of anilines is 1. The largest absolute Gasteiger partial charge is 0.418 e. The number of ether oxygens (including phenoxy) is 1. The highest BCUT2D eigenvalue weighted by Crippen LogP contribution is 2.34. The summed E-state index contributed by atoms with van der Waals surface area (Å²) in [6.07, 6.45) is -4.62. The van der Waals surface area contributed by atoms with Crippen LogP contribution < -0.4 is 10.9 Å². The third kappa shape index (κ3) is 4.75. The first-order valence-electron chi connectivity index (χ1n) is 9.83. The Bertz CT molecular complexity index is 1180. The number of hydrogen-bond donors (Lipinski definition) is 1. The van der Waals surface area contributed by atoms with Crippen LogP contribution in [0.15, 0.2) is 53.3 Å². The molecule has 3 aromatic rings. The van der Waals surface area contributed by atoms with Crippen LogP contribution in [-0.4, -0.2) is 41.2 Å². The van der Waals surface area contributed by atoms with Crippen LogP contribution in [0.5, 0.6) is 0 Å². The molecule has 0 bridgehead atoms. The van der Waals surface area contributed by atoms with Crippen LogP contribution in [0.3, 0.4) is 0 Å². The van der Waals surface area contributed by atoms with Crippen LogP contribution in [0.2, 0.25) is 0 Å². The smallest absolute Gasteiger partial charge is 0.383 e. The summed E-state index contributed by atoms with van der Waals surface area (Å²) >= 11 is 0. The molecule has 1 unspecified atom stereocenters. The number of rotatable bonds is 6. The molecule has 10 heteroatoms. The molecule has 2 amide bonds. The lowest BCUT2D eigenvalue weighted by molar-refractivity contribution is -0.136. The van der Waals surface area contributed by atoms with E-state index in [0.29, 0.717) is 16.7 Å². The van der Waals surface area contributed by atoms with Gasteiger partial charge in [-0.25, -0.2) is 9.78 Å². The first-order chi connectivity index (χ1) is 15.1. The second-order valence-corrected chi connectivity index (χ2v) is 7.20. The summed E-state index contributed by atoms with van der Waals surface area (Å²) < 4.78 is 46.3. The molecule has 0 saturated carbocycles. The van der Waals surface area contributed by atoms with Gasteiger partial charge in [0.15, 0.2) is 0 Å². The molecule has 32 heavy (non-hydrogen) atoms. The predicted octanol–water partition coefficient (Wildman–Crippen LogP) is 4.29. The Morgan fingerprint density at radius 1 is 1.19 bits per heavy atom. The summed E-state index contributed by atoms with van der Waals surface area (Å²) in [5, 5.41) is 2.73. The normalized spacial score (nSPS) is 12.6. The van der Waals surface area contributed by atoms with E-state index in [1.807, 2.05) is 0 Å². The summed E-state index contributed by atoms with van der Waals surface area (Å²) in [6.45, 7) is 2.10. The van der Waals surface area contributed by atoms with Gasteiger partial charge in [-0.2, -0.15) is 13.2 Å². The molecule has 2 aromatic carbocycles. The number of aromatic nitrogens is 2. The fraction of sp³-hybridized carbons (Fsp3) is 0.318. The number of fused-ring (bicyclic) bond motifs is 1. The van der Waals surface area contributed by atoms with Gasteiger partial charge >= 0.3 is 12.2 Å². The zero-order valence-electron chi connectivity index (χ0n) is 17.8. The van der Waals surface area contributed by atoms with Crippen molar-refractivity contribution in [2.75, 3.05) is 26.1 Å². The van der Waals surface area contributed by atoms with E-state index in [9.17, 15) is 22.8 Å². The minimum atomic E-state index is -4.62. The number of alkyl halides is 3. The number of para-hydroxylation sites is 2. The quantitative estimate of drug-likeness (QED) is 0.611. The Hall–Kier alpha value is -3.40. The number of carbonyl (C=O) groups excluding carboxylic acids is 1. The monoisotopic (exact) mass is 448 g/mol. The zero-order chi connectivity index (χ0) is 23.5. The third-order valence-corrected chi connectivity index (χ3v) is 5.16. The molecule has 1 heterocycles. The van der Waals surface area contributed by atoms with E-state index in [4.69, 9.17) is 4.74 Å². The molecule has 1 atom stereocenters. The van der Waals surface area contributed by atoms with Gasteiger partial charge in [0.05, 0.1) is 41.3 Å². The number of amides is 2. The van der Waals surface area contributed by atoms with Crippen molar-refractivity contribution in [1.29, 1.82) is 0 Å². The summed E-state index contributed by atoms with van der Waals surface area (Å²) in [5.74, 6) is 0.299. The van der Waals surface area contributed by atoms with Gasteiger partial charge in [-0.1, -0.05) is 24.3 Å². The van der Waals surface area contributed by atoms with Crippen molar-refractivity contribution in [3.05, 3.63) is 70.3 Å². The predicted molar refractivity (Wildman–Crippen MR) is 115 cm³/mol. The van der Waals surface area contributed by atoms with Crippen molar-refractivity contribution >= 4 is 22.6 Å². The van der Waals surface area contributed by atoms with E-state index in [2.05, 4.69) is 10.3 Å². The van der Waals surface area contributed by atoms with Gasteiger partial charge in [-0.05, 0) is 31.2 Å². The SMILES string of the molecule is COCCn1c(C(C)N(C)C(=O)Nc2ccccc2C(F)(F)F)nc2ccccc2c1=O. The van der Waals surface area contributed by atoms with Crippen molar-refractivity contribution in [2.45, 2.75) is 25.7 Å². The van der Waals surface area contributed by atoms with Crippen molar-refractivity contribution in [1.82, 2.24) is 14.5 Å². The lowest BCUT2D eigenvalue weighted by atomic mass is 10.1. The average Bonchev–Trinajstić information content (AvgIpc) is 2.77. The summed E-state index contributed by atoms with van der Waals surface area (Å²) in [5.41, 5.74) is -1.13. The topological polar surface area (TPSA) is 76.5 Å². The Morgan fingerprint density at radius 2 is 1.84 bits per heavy atom. The zero-order valence-corrected chi connectivity index (χ0v) is 17.8. The van der Waals surface area contributed by atoms with Crippen LogP contribution in [0.1, 0.15) is 24.4 Å². The number of benzene rings is 2. The molecule has 1 N–H and O–H groups in total. The summed E-state index contributed by atoms with van der Waals surface area (Å²) in [4.78, 5) is 31.6. The molecule has 0 fully saturated rings. The minimum Gasteiger partial charge on any atom is -0.383 e. The molecule has 170 valence electrons. The second kappa shape index (κ2) is 9.39. The average molecular weight is 448 g/mol. The highest BCUT2D eigenvalue weighted by Gasteiger charge is 2.34. The van der Waals surface area contributed by atoms with Crippen molar-refractivity contribution in [3.8, 4) is 0 Å². The Balaban J connectivity index is 1.96. The first kappa shape index (κ1) is 23.3. The van der Waals surface area contributed by atoms with E-state index in [1.54, 1.807) is 31.2 Å². The van der Waals surface area contributed by atoms with Gasteiger partial charge < -0.3 is 15.0 Å². The maximum absolute atomic E-state index is 13.3. The van der Waals surface area contributed by atoms with Crippen molar-refractivity contribution in [3.63, 3.8) is 0 Å². The number of methoxy groups -OCH3 is 1. The molecule has 1 aromatic heterocycles. The second-order valence-electron chi connectivity index (χ2n) is 7.20. The molecular formula is C22H23F3N4O3. The van der Waals surface area contributed by atoms with Crippen molar-refractivity contribution < 1.29 is 22.7 Å². The van der Waals surface area contributed by atoms with Gasteiger partial charge in [-0.15, -0.1) is 0 Å². The van der Waals surface area contributed by atoms with Crippen LogP contribution in [0.4, 0.5) is 23.7 Å². The fourth-order valence-electron chi connectivity index (χ4n) is 3.29. The van der Waals surface area contributed by atoms with Crippen LogP contribution >= 0.6 is 0 Å². The molecule has 0 aliphatic heterocycles. The highest BCUT2D eigenvalue weighted by molar-refractivity contribution is 5.90. The van der Waals surface area contributed by atoms with E-state index in [-0.39, 0.29) is 24.4 Å². The third-order valence-electron chi connectivity index (χ3n) is 5.16. The lowest BCUT2D eigenvalue weighted by Crippen LogP contribution is -2.38. The standard InChI is InChI=1S/C22H23F3N4O3/c1-14(28(2)21(31)27-18-11-7-5-9-16(18)22(23,24)25)19-26-17-10-6-4-8-15(17)20(30)29(19)12-13-32-3/h4-11,14H,12-13H2,1-3H3,(H,27,31). The van der Waals surface area contributed by atoms with Crippen LogP contribution in [0, 0.1) is 0 Å². The lowest BCUT2D eigenvalue weighted by Gasteiger charge is -2.27. The number of hydrogen-bond acceptors (Lipinski definition) is 4. The molecule has 0 saturated heterocycles.